The second kappa shape index (κ2) is 7.97. The first-order valence-electron chi connectivity index (χ1n) is 7.95. The molecule has 2 amide bonds. The van der Waals surface area contributed by atoms with E-state index in [1.807, 2.05) is 42.5 Å². The van der Waals surface area contributed by atoms with Gasteiger partial charge in [-0.1, -0.05) is 42.5 Å². The lowest BCUT2D eigenvalue weighted by atomic mass is 10.0. The van der Waals surface area contributed by atoms with Crippen molar-refractivity contribution in [2.45, 2.75) is 6.54 Å². The van der Waals surface area contributed by atoms with Crippen LogP contribution in [0.2, 0.25) is 0 Å². The molecule has 2 aromatic carbocycles. The Morgan fingerprint density at radius 3 is 2.20 bits per heavy atom. The zero-order chi connectivity index (χ0) is 17.5. The molecule has 0 saturated heterocycles. The van der Waals surface area contributed by atoms with Gasteiger partial charge in [0.25, 0.3) is 5.91 Å². The van der Waals surface area contributed by atoms with Crippen molar-refractivity contribution in [2.75, 3.05) is 6.54 Å². The third kappa shape index (κ3) is 4.57. The fourth-order valence-electron chi connectivity index (χ4n) is 2.37. The number of carbonyl (C=O) groups is 2. The lowest BCUT2D eigenvalue weighted by molar-refractivity contribution is -0.120. The van der Waals surface area contributed by atoms with Crippen LogP contribution in [-0.4, -0.2) is 18.4 Å². The summed E-state index contributed by atoms with van der Waals surface area (Å²) in [6, 6.07) is 20.7. The van der Waals surface area contributed by atoms with Gasteiger partial charge in [0, 0.05) is 5.56 Å². The highest BCUT2D eigenvalue weighted by atomic mass is 16.3. The van der Waals surface area contributed by atoms with Crippen molar-refractivity contribution < 1.29 is 14.0 Å². The number of hydrogen-bond donors (Lipinski definition) is 2. The Hall–Kier alpha value is -3.34. The second-order valence-corrected chi connectivity index (χ2v) is 5.48. The van der Waals surface area contributed by atoms with Crippen molar-refractivity contribution in [1.82, 2.24) is 10.6 Å². The maximum Gasteiger partial charge on any atom is 0.251 e. The van der Waals surface area contributed by atoms with Crippen molar-refractivity contribution in [2.24, 2.45) is 0 Å². The van der Waals surface area contributed by atoms with Crippen LogP contribution in [-0.2, 0) is 11.3 Å². The lowest BCUT2D eigenvalue weighted by Gasteiger charge is -2.07. The van der Waals surface area contributed by atoms with Crippen molar-refractivity contribution >= 4 is 11.8 Å². The Kier molecular flexibility index (Phi) is 5.26. The Morgan fingerprint density at radius 1 is 0.800 bits per heavy atom. The van der Waals surface area contributed by atoms with Crippen LogP contribution in [0.1, 0.15) is 16.1 Å². The summed E-state index contributed by atoms with van der Waals surface area (Å²) in [7, 11) is 0. The summed E-state index contributed by atoms with van der Waals surface area (Å²) < 4.78 is 5.12. The third-order valence-corrected chi connectivity index (χ3v) is 3.70. The summed E-state index contributed by atoms with van der Waals surface area (Å²) in [6.45, 7) is 0.216. The molecule has 0 bridgehead atoms. The first kappa shape index (κ1) is 16.5. The summed E-state index contributed by atoms with van der Waals surface area (Å²) >= 11 is 0. The Labute approximate surface area is 145 Å². The molecular formula is C20H18N2O3. The van der Waals surface area contributed by atoms with Crippen LogP contribution in [0.4, 0.5) is 0 Å². The Bertz CT molecular complexity index is 825. The molecule has 0 unspecified atom stereocenters. The van der Waals surface area contributed by atoms with E-state index in [2.05, 4.69) is 10.6 Å². The van der Waals surface area contributed by atoms with E-state index in [9.17, 15) is 9.59 Å². The highest BCUT2D eigenvalue weighted by Crippen LogP contribution is 2.19. The monoisotopic (exact) mass is 334 g/mol. The standard InChI is InChI=1S/C20H18N2O3/c23-19(21-13-18-7-4-12-25-18)14-22-20(24)17-10-8-16(9-11-17)15-5-2-1-3-6-15/h1-12H,13-14H2,(H,21,23)(H,22,24). The molecule has 0 radical (unpaired) electrons. The quantitative estimate of drug-likeness (QED) is 0.728. The molecule has 1 heterocycles. The molecule has 0 saturated carbocycles. The highest BCUT2D eigenvalue weighted by Gasteiger charge is 2.08. The van der Waals surface area contributed by atoms with E-state index in [-0.39, 0.29) is 18.4 Å². The highest BCUT2D eigenvalue weighted by molar-refractivity contribution is 5.96. The minimum atomic E-state index is -0.284. The minimum Gasteiger partial charge on any atom is -0.467 e. The zero-order valence-electron chi connectivity index (χ0n) is 13.6. The third-order valence-electron chi connectivity index (χ3n) is 3.70. The fourth-order valence-corrected chi connectivity index (χ4v) is 2.37. The van der Waals surface area contributed by atoms with Gasteiger partial charge in [-0.3, -0.25) is 9.59 Å². The van der Waals surface area contributed by atoms with Crippen molar-refractivity contribution in [3.63, 3.8) is 0 Å². The van der Waals surface area contributed by atoms with Crippen LogP contribution in [0, 0.1) is 0 Å². The molecule has 3 rings (SSSR count). The molecular weight excluding hydrogens is 316 g/mol. The average Bonchev–Trinajstić information content (AvgIpc) is 3.19. The molecule has 5 nitrogen and oxygen atoms in total. The topological polar surface area (TPSA) is 71.3 Å². The van der Waals surface area contributed by atoms with E-state index in [1.54, 1.807) is 30.5 Å². The zero-order valence-corrected chi connectivity index (χ0v) is 13.6. The summed E-state index contributed by atoms with van der Waals surface area (Å²) in [5.41, 5.74) is 2.64. The van der Waals surface area contributed by atoms with Gasteiger partial charge >= 0.3 is 0 Å². The summed E-state index contributed by atoms with van der Waals surface area (Å²) in [6.07, 6.45) is 1.54. The van der Waals surface area contributed by atoms with Gasteiger partial charge in [-0.05, 0) is 35.4 Å². The van der Waals surface area contributed by atoms with Crippen LogP contribution >= 0.6 is 0 Å². The molecule has 0 aliphatic carbocycles. The van der Waals surface area contributed by atoms with Gasteiger partial charge in [-0.15, -0.1) is 0 Å². The average molecular weight is 334 g/mol. The van der Waals surface area contributed by atoms with Crippen LogP contribution in [0.3, 0.4) is 0 Å². The maximum atomic E-state index is 12.1. The fraction of sp³-hybridized carbons (Fsp3) is 0.100. The lowest BCUT2D eigenvalue weighted by Crippen LogP contribution is -2.36. The van der Waals surface area contributed by atoms with Crippen LogP contribution in [0.25, 0.3) is 11.1 Å². The van der Waals surface area contributed by atoms with Crippen LogP contribution in [0.5, 0.6) is 0 Å². The van der Waals surface area contributed by atoms with Crippen molar-refractivity contribution in [3.05, 3.63) is 84.3 Å². The summed E-state index contributed by atoms with van der Waals surface area (Å²) in [4.78, 5) is 23.9. The molecule has 126 valence electrons. The van der Waals surface area contributed by atoms with Crippen molar-refractivity contribution in [1.29, 1.82) is 0 Å². The minimum absolute atomic E-state index is 0.0834. The van der Waals surface area contributed by atoms with Gasteiger partial charge in [0.1, 0.15) is 5.76 Å². The Morgan fingerprint density at radius 2 is 1.52 bits per heavy atom. The summed E-state index contributed by atoms with van der Waals surface area (Å²) in [5.74, 6) is 0.106. The van der Waals surface area contributed by atoms with Gasteiger partial charge in [-0.25, -0.2) is 0 Å². The van der Waals surface area contributed by atoms with E-state index in [0.717, 1.165) is 11.1 Å². The largest absolute Gasteiger partial charge is 0.467 e. The smallest absolute Gasteiger partial charge is 0.251 e. The van der Waals surface area contributed by atoms with E-state index in [4.69, 9.17) is 4.42 Å². The number of hydrogen-bond acceptors (Lipinski definition) is 3. The van der Waals surface area contributed by atoms with Gasteiger partial charge in [0.05, 0.1) is 19.4 Å². The second-order valence-electron chi connectivity index (χ2n) is 5.48. The number of furan rings is 1. The number of carbonyl (C=O) groups excluding carboxylic acids is 2. The van der Waals surface area contributed by atoms with Gasteiger partial charge < -0.3 is 15.1 Å². The molecule has 3 aromatic rings. The number of nitrogens with one attached hydrogen (secondary N) is 2. The predicted molar refractivity (Wildman–Crippen MR) is 94.8 cm³/mol. The van der Waals surface area contributed by atoms with Crippen LogP contribution < -0.4 is 10.6 Å². The number of rotatable bonds is 6. The molecule has 1 aromatic heterocycles. The first-order chi connectivity index (χ1) is 12.2. The molecule has 0 aliphatic rings. The first-order valence-corrected chi connectivity index (χ1v) is 7.95. The van der Waals surface area contributed by atoms with E-state index < -0.39 is 0 Å². The molecule has 0 atom stereocenters. The van der Waals surface area contributed by atoms with Gasteiger partial charge in [0.15, 0.2) is 0 Å². The molecule has 0 aliphatic heterocycles. The van der Waals surface area contributed by atoms with Gasteiger partial charge in [-0.2, -0.15) is 0 Å². The molecule has 2 N–H and O–H groups in total. The maximum absolute atomic E-state index is 12.1. The SMILES string of the molecule is O=C(CNC(=O)c1ccc(-c2ccccc2)cc1)NCc1ccco1. The molecule has 5 heteroatoms. The summed E-state index contributed by atoms with van der Waals surface area (Å²) in [5, 5.41) is 5.28. The van der Waals surface area contributed by atoms with Gasteiger partial charge in [0.2, 0.25) is 5.91 Å². The number of amides is 2. The molecule has 0 spiro atoms. The van der Waals surface area contributed by atoms with E-state index in [1.165, 1.54) is 0 Å². The predicted octanol–water partition coefficient (Wildman–Crippen LogP) is 2.99. The van der Waals surface area contributed by atoms with Crippen molar-refractivity contribution in [3.8, 4) is 11.1 Å². The normalized spacial score (nSPS) is 10.2. The Balaban J connectivity index is 1.50. The van der Waals surface area contributed by atoms with E-state index in [0.29, 0.717) is 17.9 Å². The number of benzene rings is 2. The molecule has 0 fully saturated rings. The van der Waals surface area contributed by atoms with Crippen LogP contribution in [0.15, 0.2) is 77.4 Å². The van der Waals surface area contributed by atoms with E-state index >= 15 is 0 Å². The molecule has 25 heavy (non-hydrogen) atoms.